The van der Waals surface area contributed by atoms with Gasteiger partial charge in [0, 0.05) is 31.2 Å². The third-order valence-corrected chi connectivity index (χ3v) is 4.61. The van der Waals surface area contributed by atoms with Gasteiger partial charge in [-0.2, -0.15) is 0 Å². The number of anilines is 1. The number of allylic oxidation sites excluding steroid dienone is 2. The Morgan fingerprint density at radius 2 is 2.29 bits per heavy atom. The normalized spacial score (nSPS) is 21.4. The average Bonchev–Trinajstić information content (AvgIpc) is 3.13. The summed E-state index contributed by atoms with van der Waals surface area (Å²) in [6.45, 7) is 3.98. The lowest BCUT2D eigenvalue weighted by Crippen LogP contribution is -2.41. The molecule has 1 heterocycles. The Hall–Kier alpha value is -1.77. The standard InChI is InChI=1S/C18H24N2O/c1-14(13-19-18(21)12-15-6-2-3-7-15)20-11-10-16-8-4-5-9-17(16)20/h2,4-6,8-9,14-15H,3,7,10-13H2,1H3,(H,19,21)/t14-,15-/m1/s1. The van der Waals surface area contributed by atoms with E-state index in [9.17, 15) is 4.79 Å². The summed E-state index contributed by atoms with van der Waals surface area (Å²) in [5.74, 6) is 0.638. The van der Waals surface area contributed by atoms with Gasteiger partial charge < -0.3 is 10.2 Å². The molecule has 1 aliphatic carbocycles. The average molecular weight is 284 g/mol. The van der Waals surface area contributed by atoms with Crippen molar-refractivity contribution in [3.8, 4) is 0 Å². The molecule has 0 unspecified atom stereocenters. The number of fused-ring (bicyclic) bond motifs is 1. The summed E-state index contributed by atoms with van der Waals surface area (Å²) >= 11 is 0. The molecule has 1 aliphatic heterocycles. The molecule has 1 N–H and O–H groups in total. The second-order valence-electron chi connectivity index (χ2n) is 6.19. The van der Waals surface area contributed by atoms with Crippen molar-refractivity contribution >= 4 is 11.6 Å². The van der Waals surface area contributed by atoms with Crippen molar-refractivity contribution in [1.29, 1.82) is 0 Å². The van der Waals surface area contributed by atoms with Gasteiger partial charge in [0.05, 0.1) is 0 Å². The van der Waals surface area contributed by atoms with E-state index in [4.69, 9.17) is 0 Å². The van der Waals surface area contributed by atoms with Crippen LogP contribution in [0.2, 0.25) is 0 Å². The van der Waals surface area contributed by atoms with Crippen LogP contribution in [0.5, 0.6) is 0 Å². The molecule has 1 aromatic rings. The van der Waals surface area contributed by atoms with E-state index in [1.807, 2.05) is 0 Å². The number of nitrogens with one attached hydrogen (secondary N) is 1. The lowest BCUT2D eigenvalue weighted by atomic mass is 10.1. The first-order valence-electron chi connectivity index (χ1n) is 8.02. The number of carbonyl (C=O) groups is 1. The molecule has 3 heteroatoms. The van der Waals surface area contributed by atoms with E-state index in [1.165, 1.54) is 11.3 Å². The number of benzene rings is 1. The molecule has 3 nitrogen and oxygen atoms in total. The fourth-order valence-corrected chi connectivity index (χ4v) is 3.37. The fraction of sp³-hybridized carbons (Fsp3) is 0.500. The van der Waals surface area contributed by atoms with Crippen LogP contribution in [0.4, 0.5) is 5.69 Å². The minimum Gasteiger partial charge on any atom is -0.366 e. The van der Waals surface area contributed by atoms with Crippen molar-refractivity contribution in [3.63, 3.8) is 0 Å². The largest absolute Gasteiger partial charge is 0.366 e. The molecule has 0 aromatic heterocycles. The molecule has 1 amide bonds. The van der Waals surface area contributed by atoms with Gasteiger partial charge in [-0.25, -0.2) is 0 Å². The van der Waals surface area contributed by atoms with Crippen LogP contribution in [0.3, 0.4) is 0 Å². The third kappa shape index (κ3) is 3.29. The highest BCUT2D eigenvalue weighted by Crippen LogP contribution is 2.29. The van der Waals surface area contributed by atoms with Crippen LogP contribution in [0.25, 0.3) is 0 Å². The van der Waals surface area contributed by atoms with E-state index in [0.717, 1.165) is 32.4 Å². The Morgan fingerprint density at radius 1 is 1.43 bits per heavy atom. The molecule has 0 fully saturated rings. The lowest BCUT2D eigenvalue weighted by molar-refractivity contribution is -0.121. The predicted molar refractivity (Wildman–Crippen MR) is 86.4 cm³/mol. The molecule has 2 aliphatic rings. The van der Waals surface area contributed by atoms with Crippen LogP contribution in [-0.2, 0) is 11.2 Å². The number of rotatable bonds is 5. The minimum absolute atomic E-state index is 0.186. The molecule has 0 bridgehead atoms. The van der Waals surface area contributed by atoms with Crippen molar-refractivity contribution in [2.24, 2.45) is 5.92 Å². The van der Waals surface area contributed by atoms with Crippen LogP contribution in [0.15, 0.2) is 36.4 Å². The predicted octanol–water partition coefficient (Wildman–Crippen LogP) is 2.91. The van der Waals surface area contributed by atoms with Gasteiger partial charge >= 0.3 is 0 Å². The van der Waals surface area contributed by atoms with Gasteiger partial charge in [0.1, 0.15) is 0 Å². The van der Waals surface area contributed by atoms with Gasteiger partial charge in [-0.1, -0.05) is 30.4 Å². The highest BCUT2D eigenvalue weighted by Gasteiger charge is 2.23. The molecule has 0 spiro atoms. The Morgan fingerprint density at radius 3 is 3.10 bits per heavy atom. The van der Waals surface area contributed by atoms with Gasteiger partial charge in [-0.3, -0.25) is 4.79 Å². The summed E-state index contributed by atoms with van der Waals surface area (Å²) in [5, 5.41) is 3.10. The SMILES string of the molecule is C[C@H](CNC(=O)C[C@@H]1C=CCC1)N1CCc2ccccc21. The second kappa shape index (κ2) is 6.33. The van der Waals surface area contributed by atoms with Gasteiger partial charge in [0.2, 0.25) is 5.91 Å². The van der Waals surface area contributed by atoms with E-state index in [2.05, 4.69) is 53.6 Å². The fourth-order valence-electron chi connectivity index (χ4n) is 3.37. The molecular weight excluding hydrogens is 260 g/mol. The Labute approximate surface area is 127 Å². The molecule has 112 valence electrons. The van der Waals surface area contributed by atoms with E-state index < -0.39 is 0 Å². The second-order valence-corrected chi connectivity index (χ2v) is 6.19. The van der Waals surface area contributed by atoms with Gasteiger partial charge in [0.25, 0.3) is 0 Å². The Bertz CT molecular complexity index is 538. The first kappa shape index (κ1) is 14.2. The third-order valence-electron chi connectivity index (χ3n) is 4.61. The number of hydrogen-bond donors (Lipinski definition) is 1. The number of amides is 1. The zero-order valence-corrected chi connectivity index (χ0v) is 12.7. The van der Waals surface area contributed by atoms with Gasteiger partial charge in [0.15, 0.2) is 0 Å². The molecule has 2 atom stereocenters. The summed E-state index contributed by atoms with van der Waals surface area (Å²) in [4.78, 5) is 14.4. The Kier molecular flexibility index (Phi) is 4.28. The van der Waals surface area contributed by atoms with E-state index in [1.54, 1.807) is 0 Å². The van der Waals surface area contributed by atoms with E-state index in [-0.39, 0.29) is 5.91 Å². The lowest BCUT2D eigenvalue weighted by Gasteiger charge is -2.27. The maximum Gasteiger partial charge on any atom is 0.220 e. The number of carbonyl (C=O) groups excluding carboxylic acids is 1. The Balaban J connectivity index is 1.49. The zero-order valence-electron chi connectivity index (χ0n) is 12.7. The van der Waals surface area contributed by atoms with Gasteiger partial charge in [-0.05, 0) is 43.7 Å². The summed E-state index contributed by atoms with van der Waals surface area (Å²) < 4.78 is 0. The smallest absolute Gasteiger partial charge is 0.220 e. The topological polar surface area (TPSA) is 32.3 Å². The molecule has 0 saturated heterocycles. The first-order valence-corrected chi connectivity index (χ1v) is 8.02. The molecule has 21 heavy (non-hydrogen) atoms. The molecule has 1 aromatic carbocycles. The minimum atomic E-state index is 0.186. The molecule has 0 radical (unpaired) electrons. The number of para-hydroxylation sites is 1. The zero-order chi connectivity index (χ0) is 14.7. The van der Waals surface area contributed by atoms with E-state index >= 15 is 0 Å². The van der Waals surface area contributed by atoms with Crippen LogP contribution >= 0.6 is 0 Å². The first-order chi connectivity index (χ1) is 10.2. The van der Waals surface area contributed by atoms with Crippen molar-refractivity contribution in [1.82, 2.24) is 5.32 Å². The van der Waals surface area contributed by atoms with Gasteiger partial charge in [-0.15, -0.1) is 0 Å². The van der Waals surface area contributed by atoms with E-state index in [0.29, 0.717) is 18.4 Å². The summed E-state index contributed by atoms with van der Waals surface area (Å²) in [6.07, 6.45) is 8.37. The molecule has 3 rings (SSSR count). The highest BCUT2D eigenvalue weighted by molar-refractivity contribution is 5.76. The number of nitrogens with zero attached hydrogens (tertiary/aromatic N) is 1. The quantitative estimate of drug-likeness (QED) is 0.843. The van der Waals surface area contributed by atoms with Crippen molar-refractivity contribution < 1.29 is 4.79 Å². The highest BCUT2D eigenvalue weighted by atomic mass is 16.1. The van der Waals surface area contributed by atoms with Crippen molar-refractivity contribution in [3.05, 3.63) is 42.0 Å². The maximum absolute atomic E-state index is 12.0. The van der Waals surface area contributed by atoms with Crippen LogP contribution < -0.4 is 10.2 Å². The summed E-state index contributed by atoms with van der Waals surface area (Å²) in [7, 11) is 0. The maximum atomic E-state index is 12.0. The summed E-state index contributed by atoms with van der Waals surface area (Å²) in [6, 6.07) is 8.92. The van der Waals surface area contributed by atoms with Crippen LogP contribution in [-0.4, -0.2) is 25.0 Å². The summed E-state index contributed by atoms with van der Waals surface area (Å²) in [5.41, 5.74) is 2.75. The van der Waals surface area contributed by atoms with Crippen molar-refractivity contribution in [2.75, 3.05) is 18.0 Å². The number of hydrogen-bond acceptors (Lipinski definition) is 2. The van der Waals surface area contributed by atoms with Crippen molar-refractivity contribution in [2.45, 2.75) is 38.6 Å². The molecular formula is C18H24N2O. The monoisotopic (exact) mass is 284 g/mol. The van der Waals surface area contributed by atoms with Crippen LogP contribution in [0, 0.1) is 5.92 Å². The molecule has 0 saturated carbocycles. The van der Waals surface area contributed by atoms with Crippen LogP contribution in [0.1, 0.15) is 31.7 Å².